The highest BCUT2D eigenvalue weighted by Crippen LogP contribution is 2.76. The number of aryl methyl sites for hydroxylation is 1. The van der Waals surface area contributed by atoms with Crippen LogP contribution in [0.1, 0.15) is 60.3 Å². The molecule has 3 aliphatic rings. The minimum atomic E-state index is -2.31. The van der Waals surface area contributed by atoms with Crippen molar-refractivity contribution in [3.63, 3.8) is 0 Å². The summed E-state index contributed by atoms with van der Waals surface area (Å²) >= 11 is 6.09. The molecule has 8 nitrogen and oxygen atoms in total. The van der Waals surface area contributed by atoms with Gasteiger partial charge in [-0.1, -0.05) is 22.9 Å². The molecule has 3 aliphatic carbocycles. The molecule has 36 heavy (non-hydrogen) atoms. The van der Waals surface area contributed by atoms with Crippen LogP contribution in [0.25, 0.3) is 11.4 Å². The Bertz CT molecular complexity index is 1310. The van der Waals surface area contributed by atoms with Crippen molar-refractivity contribution >= 4 is 23.4 Å². The standard InChI is InChI=1S/C25H24ClF2N5O3/c1-14(16-4-3-7-29-22(16)26)36-20(35)8-18-21(31-32-33(18)2)17-6-5-15(10-30-17)19(34)9-24-11-25(12-24,13-24)23(27)28/h3-7,10,14,23H,8-9,11-13H2,1-2H3/t14-,24?,25?/m1/s1. The number of esters is 1. The van der Waals surface area contributed by atoms with Crippen molar-refractivity contribution in [1.82, 2.24) is 25.0 Å². The molecule has 3 heterocycles. The van der Waals surface area contributed by atoms with Crippen LogP contribution in [0, 0.1) is 10.8 Å². The Kier molecular flexibility index (Phi) is 6.10. The Labute approximate surface area is 211 Å². The van der Waals surface area contributed by atoms with E-state index >= 15 is 0 Å². The molecule has 3 saturated carbocycles. The van der Waals surface area contributed by atoms with Gasteiger partial charge in [-0.2, -0.15) is 0 Å². The molecule has 11 heteroatoms. The van der Waals surface area contributed by atoms with E-state index in [-0.39, 0.29) is 29.2 Å². The highest BCUT2D eigenvalue weighted by atomic mass is 35.5. The molecule has 0 amide bonds. The number of rotatable bonds is 9. The molecule has 0 N–H and O–H groups in total. The summed E-state index contributed by atoms with van der Waals surface area (Å²) in [6.45, 7) is 1.71. The Morgan fingerprint density at radius 2 is 1.94 bits per heavy atom. The number of ether oxygens (including phenoxy) is 1. The van der Waals surface area contributed by atoms with E-state index in [1.54, 1.807) is 44.4 Å². The van der Waals surface area contributed by atoms with E-state index < -0.39 is 23.9 Å². The van der Waals surface area contributed by atoms with E-state index in [4.69, 9.17) is 16.3 Å². The van der Waals surface area contributed by atoms with Crippen LogP contribution in [0.2, 0.25) is 5.15 Å². The summed E-state index contributed by atoms with van der Waals surface area (Å²) in [6.07, 6.45) is 1.50. The molecule has 2 bridgehead atoms. The van der Waals surface area contributed by atoms with Crippen molar-refractivity contribution < 1.29 is 23.1 Å². The zero-order chi connectivity index (χ0) is 25.7. The molecule has 1 atom stereocenters. The van der Waals surface area contributed by atoms with Gasteiger partial charge in [0.1, 0.15) is 17.0 Å². The molecule has 0 unspecified atom stereocenters. The van der Waals surface area contributed by atoms with Crippen LogP contribution in [0.15, 0.2) is 36.7 Å². The van der Waals surface area contributed by atoms with Gasteiger partial charge in [-0.15, -0.1) is 5.10 Å². The first-order valence-corrected chi connectivity index (χ1v) is 12.0. The predicted molar refractivity (Wildman–Crippen MR) is 125 cm³/mol. The van der Waals surface area contributed by atoms with Crippen molar-refractivity contribution in [1.29, 1.82) is 0 Å². The van der Waals surface area contributed by atoms with E-state index in [9.17, 15) is 18.4 Å². The summed E-state index contributed by atoms with van der Waals surface area (Å²) in [4.78, 5) is 33.7. The molecular formula is C25H24ClF2N5O3. The van der Waals surface area contributed by atoms with Gasteiger partial charge in [-0.25, -0.2) is 13.8 Å². The van der Waals surface area contributed by atoms with Crippen molar-refractivity contribution in [2.75, 3.05) is 0 Å². The molecule has 3 aromatic rings. The number of ketones is 1. The smallest absolute Gasteiger partial charge is 0.312 e. The fourth-order valence-electron chi connectivity index (χ4n) is 5.56. The lowest BCUT2D eigenvalue weighted by Gasteiger charge is -2.70. The number of hydrogen-bond acceptors (Lipinski definition) is 7. The molecule has 6 rings (SSSR count). The lowest BCUT2D eigenvalue weighted by atomic mass is 9.34. The molecule has 0 radical (unpaired) electrons. The van der Waals surface area contributed by atoms with Crippen molar-refractivity contribution in [3.05, 3.63) is 58.6 Å². The van der Waals surface area contributed by atoms with Crippen LogP contribution in [0.4, 0.5) is 8.78 Å². The lowest BCUT2D eigenvalue weighted by molar-refractivity contribution is -0.264. The Hall–Kier alpha value is -3.27. The Morgan fingerprint density at radius 1 is 1.19 bits per heavy atom. The average molecular weight is 516 g/mol. The maximum atomic E-state index is 13.1. The summed E-state index contributed by atoms with van der Waals surface area (Å²) < 4.78 is 33.1. The minimum Gasteiger partial charge on any atom is -0.457 e. The third-order valence-corrected chi connectivity index (χ3v) is 7.61. The van der Waals surface area contributed by atoms with Gasteiger partial charge in [-0.3, -0.25) is 19.3 Å². The predicted octanol–water partition coefficient (Wildman–Crippen LogP) is 4.78. The second kappa shape index (κ2) is 8.99. The first kappa shape index (κ1) is 24.4. The van der Waals surface area contributed by atoms with E-state index in [1.165, 1.54) is 10.9 Å². The van der Waals surface area contributed by atoms with Gasteiger partial charge < -0.3 is 4.74 Å². The van der Waals surface area contributed by atoms with E-state index in [1.807, 2.05) is 0 Å². The number of carbonyl (C=O) groups is 2. The van der Waals surface area contributed by atoms with Gasteiger partial charge in [0, 0.05) is 42.4 Å². The molecular weight excluding hydrogens is 492 g/mol. The van der Waals surface area contributed by atoms with Crippen LogP contribution in [-0.2, 0) is 23.0 Å². The van der Waals surface area contributed by atoms with Crippen LogP contribution in [0.5, 0.6) is 0 Å². The molecule has 188 valence electrons. The van der Waals surface area contributed by atoms with E-state index in [2.05, 4.69) is 20.3 Å². The molecule has 0 spiro atoms. The second-order valence-corrected chi connectivity index (χ2v) is 10.3. The average Bonchev–Trinajstić information content (AvgIpc) is 3.15. The maximum Gasteiger partial charge on any atom is 0.312 e. The van der Waals surface area contributed by atoms with Crippen LogP contribution < -0.4 is 0 Å². The van der Waals surface area contributed by atoms with Gasteiger partial charge in [0.05, 0.1) is 17.8 Å². The number of pyridine rings is 2. The molecule has 0 saturated heterocycles. The van der Waals surface area contributed by atoms with Gasteiger partial charge >= 0.3 is 5.97 Å². The summed E-state index contributed by atoms with van der Waals surface area (Å²) in [6, 6.07) is 6.74. The van der Waals surface area contributed by atoms with Crippen LogP contribution in [0.3, 0.4) is 0 Å². The summed E-state index contributed by atoms with van der Waals surface area (Å²) in [5.74, 6) is -0.608. The van der Waals surface area contributed by atoms with Crippen molar-refractivity contribution in [2.45, 2.75) is 51.6 Å². The number of nitrogens with zero attached hydrogens (tertiary/aromatic N) is 5. The van der Waals surface area contributed by atoms with Gasteiger partial charge in [0.25, 0.3) is 0 Å². The van der Waals surface area contributed by atoms with Crippen LogP contribution in [-0.4, -0.2) is 43.1 Å². The first-order valence-electron chi connectivity index (χ1n) is 11.6. The number of Topliss-reactive ketones (excluding diaryl/α,β-unsaturated/α-hetero) is 1. The van der Waals surface area contributed by atoms with Gasteiger partial charge in [0.15, 0.2) is 5.78 Å². The molecule has 3 fully saturated rings. The van der Waals surface area contributed by atoms with Crippen molar-refractivity contribution in [2.24, 2.45) is 17.9 Å². The van der Waals surface area contributed by atoms with E-state index in [0.717, 1.165) is 0 Å². The number of hydrogen-bond donors (Lipinski definition) is 0. The number of carbonyl (C=O) groups excluding carboxylic acids is 2. The fraction of sp³-hybridized carbons (Fsp3) is 0.440. The molecule has 0 aliphatic heterocycles. The van der Waals surface area contributed by atoms with Gasteiger partial charge in [0.2, 0.25) is 6.43 Å². The maximum absolute atomic E-state index is 13.1. The first-order chi connectivity index (χ1) is 17.1. The number of aromatic nitrogens is 5. The summed E-state index contributed by atoms with van der Waals surface area (Å²) in [5, 5.41) is 8.41. The monoisotopic (exact) mass is 515 g/mol. The number of alkyl halides is 2. The van der Waals surface area contributed by atoms with Gasteiger partial charge in [-0.05, 0) is 49.8 Å². The highest BCUT2D eigenvalue weighted by molar-refractivity contribution is 6.30. The zero-order valence-corrected chi connectivity index (χ0v) is 20.5. The quantitative estimate of drug-likeness (QED) is 0.230. The highest BCUT2D eigenvalue weighted by Gasteiger charge is 2.71. The summed E-state index contributed by atoms with van der Waals surface area (Å²) in [7, 11) is 1.66. The summed E-state index contributed by atoms with van der Waals surface area (Å²) in [5.41, 5.74) is 1.24. The Morgan fingerprint density at radius 3 is 2.58 bits per heavy atom. The normalized spacial score (nSPS) is 23.1. The van der Waals surface area contributed by atoms with Crippen molar-refractivity contribution in [3.8, 4) is 11.4 Å². The SMILES string of the molecule is C[C@@H](OC(=O)Cc1c(-c2ccc(C(=O)CC34CC(C(F)F)(C3)C4)cn2)nnn1C)c1cccnc1Cl. The number of halogens is 3. The molecule has 3 aromatic heterocycles. The third kappa shape index (κ3) is 4.27. The second-order valence-electron chi connectivity index (χ2n) is 9.93. The third-order valence-electron chi connectivity index (χ3n) is 7.30. The fourth-order valence-corrected chi connectivity index (χ4v) is 5.83. The molecule has 0 aromatic carbocycles. The zero-order valence-electron chi connectivity index (χ0n) is 19.7. The lowest BCUT2D eigenvalue weighted by Crippen LogP contribution is -2.65. The Balaban J connectivity index is 1.24. The largest absolute Gasteiger partial charge is 0.457 e. The minimum absolute atomic E-state index is 0.0994. The van der Waals surface area contributed by atoms with Crippen LogP contribution >= 0.6 is 11.6 Å². The topological polar surface area (TPSA) is 99.9 Å². The van der Waals surface area contributed by atoms with E-state index in [0.29, 0.717) is 47.5 Å².